The molecule has 1 aromatic carbocycles. The molecule has 7 nitrogen and oxygen atoms in total. The molecule has 0 saturated carbocycles. The summed E-state index contributed by atoms with van der Waals surface area (Å²) in [5.74, 6) is -0.0169. The largest absolute Gasteiger partial charge is 0.449 e. The second-order valence-corrected chi connectivity index (χ2v) is 8.56. The second kappa shape index (κ2) is 9.75. The van der Waals surface area contributed by atoms with Gasteiger partial charge in [0.25, 0.3) is 11.8 Å². The molecule has 0 atom stereocenters. The number of carbonyl (C=O) groups excluding carboxylic acids is 3. The van der Waals surface area contributed by atoms with Gasteiger partial charge in [-0.25, -0.2) is 4.79 Å². The van der Waals surface area contributed by atoms with E-state index in [1.54, 1.807) is 41.1 Å². The fourth-order valence-corrected chi connectivity index (χ4v) is 3.91. The van der Waals surface area contributed by atoms with Crippen LogP contribution in [0.3, 0.4) is 0 Å². The second-order valence-electron chi connectivity index (χ2n) is 7.61. The molecule has 2 aromatic rings. The molecule has 2 heterocycles. The first-order valence-electron chi connectivity index (χ1n) is 10.00. The van der Waals surface area contributed by atoms with Crippen LogP contribution in [0, 0.1) is 5.92 Å². The predicted molar refractivity (Wildman–Crippen MR) is 117 cm³/mol. The van der Waals surface area contributed by atoms with Crippen LogP contribution in [-0.4, -0.2) is 67.5 Å². The van der Waals surface area contributed by atoms with Gasteiger partial charge in [-0.2, -0.15) is 0 Å². The highest BCUT2D eigenvalue weighted by molar-refractivity contribution is 7.12. The van der Waals surface area contributed by atoms with Crippen molar-refractivity contribution in [2.45, 2.75) is 13.8 Å². The number of nitrogens with zero attached hydrogens (tertiary/aromatic N) is 3. The van der Waals surface area contributed by atoms with Gasteiger partial charge in [0, 0.05) is 33.2 Å². The molecule has 0 radical (unpaired) electrons. The zero-order valence-corrected chi connectivity index (χ0v) is 18.4. The third kappa shape index (κ3) is 4.99. The van der Waals surface area contributed by atoms with Crippen LogP contribution in [0.25, 0.3) is 0 Å². The van der Waals surface area contributed by atoms with E-state index in [0.717, 1.165) is 0 Å². The lowest BCUT2D eigenvalue weighted by Gasteiger charge is -2.34. The van der Waals surface area contributed by atoms with Crippen LogP contribution in [0.15, 0.2) is 41.8 Å². The predicted octanol–water partition coefficient (Wildman–Crippen LogP) is 3.58. The highest BCUT2D eigenvalue weighted by Crippen LogP contribution is 2.24. The molecule has 0 unspecified atom stereocenters. The molecule has 0 N–H and O–H groups in total. The van der Waals surface area contributed by atoms with Crippen LogP contribution in [0.2, 0.25) is 0 Å². The number of para-hydroxylation sites is 1. The zero-order valence-electron chi connectivity index (χ0n) is 17.5. The van der Waals surface area contributed by atoms with Gasteiger partial charge in [0.2, 0.25) is 0 Å². The maximum absolute atomic E-state index is 13.2. The topological polar surface area (TPSA) is 70.2 Å². The zero-order chi connectivity index (χ0) is 21.7. The van der Waals surface area contributed by atoms with Crippen LogP contribution in [0.5, 0.6) is 0 Å². The summed E-state index contributed by atoms with van der Waals surface area (Å²) in [5.41, 5.74) is 1.04. The summed E-state index contributed by atoms with van der Waals surface area (Å²) < 4.78 is 5.28. The summed E-state index contributed by atoms with van der Waals surface area (Å²) in [4.78, 5) is 43.5. The van der Waals surface area contributed by atoms with Crippen LogP contribution < -0.4 is 4.90 Å². The fourth-order valence-electron chi connectivity index (χ4n) is 3.21. The van der Waals surface area contributed by atoms with Gasteiger partial charge < -0.3 is 19.4 Å². The number of hydrogen-bond acceptors (Lipinski definition) is 5. The Morgan fingerprint density at radius 3 is 2.33 bits per heavy atom. The first-order chi connectivity index (χ1) is 14.4. The van der Waals surface area contributed by atoms with Crippen molar-refractivity contribution in [3.05, 3.63) is 52.2 Å². The summed E-state index contributed by atoms with van der Waals surface area (Å²) >= 11 is 1.37. The van der Waals surface area contributed by atoms with Gasteiger partial charge in [0.1, 0.15) is 0 Å². The number of anilines is 1. The van der Waals surface area contributed by atoms with Gasteiger partial charge >= 0.3 is 6.09 Å². The van der Waals surface area contributed by atoms with E-state index in [9.17, 15) is 14.4 Å². The average molecular weight is 430 g/mol. The minimum atomic E-state index is -0.336. The molecular weight excluding hydrogens is 402 g/mol. The van der Waals surface area contributed by atoms with Crippen molar-refractivity contribution in [3.63, 3.8) is 0 Å². The van der Waals surface area contributed by atoms with Crippen LogP contribution in [0.4, 0.5) is 10.5 Å². The number of benzene rings is 1. The smallest absolute Gasteiger partial charge is 0.409 e. The van der Waals surface area contributed by atoms with E-state index in [1.807, 2.05) is 31.4 Å². The Labute approximate surface area is 180 Å². The third-order valence-electron chi connectivity index (χ3n) is 4.90. The standard InChI is InChI=1S/C22H27N3O4S/c1-16(2)15-29-22(28)25-12-10-24(11-13-25)20(26)17-7-4-5-8-18(17)23(3)21(27)19-9-6-14-30-19/h4-9,14,16H,10-13,15H2,1-3H3. The summed E-state index contributed by atoms with van der Waals surface area (Å²) in [6.45, 7) is 6.06. The van der Waals surface area contributed by atoms with E-state index in [-0.39, 0.29) is 23.8 Å². The lowest BCUT2D eigenvalue weighted by Crippen LogP contribution is -2.51. The van der Waals surface area contributed by atoms with Gasteiger partial charge in [-0.1, -0.05) is 32.0 Å². The Morgan fingerprint density at radius 2 is 1.70 bits per heavy atom. The molecule has 1 aromatic heterocycles. The van der Waals surface area contributed by atoms with E-state index < -0.39 is 0 Å². The Bertz CT molecular complexity index is 890. The summed E-state index contributed by atoms with van der Waals surface area (Å²) in [6.07, 6.45) is -0.336. The highest BCUT2D eigenvalue weighted by atomic mass is 32.1. The molecular formula is C22H27N3O4S. The number of ether oxygens (including phenoxy) is 1. The molecule has 1 aliphatic heterocycles. The number of rotatable bonds is 5. The van der Waals surface area contributed by atoms with Crippen molar-refractivity contribution in [2.24, 2.45) is 5.92 Å². The molecule has 0 spiro atoms. The lowest BCUT2D eigenvalue weighted by atomic mass is 10.1. The van der Waals surface area contributed by atoms with Crippen LogP contribution in [-0.2, 0) is 4.74 Å². The summed E-state index contributed by atoms with van der Waals surface area (Å²) in [6, 6.07) is 10.7. The van der Waals surface area contributed by atoms with E-state index >= 15 is 0 Å². The number of amides is 3. The van der Waals surface area contributed by atoms with Crippen molar-refractivity contribution >= 4 is 34.9 Å². The normalized spacial score (nSPS) is 14.0. The average Bonchev–Trinajstić information content (AvgIpc) is 3.31. The minimum absolute atomic E-state index is 0.147. The van der Waals surface area contributed by atoms with Crippen molar-refractivity contribution in [3.8, 4) is 0 Å². The Morgan fingerprint density at radius 1 is 1.03 bits per heavy atom. The van der Waals surface area contributed by atoms with Crippen LogP contribution >= 0.6 is 11.3 Å². The first kappa shape index (κ1) is 21.8. The van der Waals surface area contributed by atoms with Crippen molar-refractivity contribution in [2.75, 3.05) is 44.7 Å². The molecule has 1 aliphatic rings. The maximum Gasteiger partial charge on any atom is 0.409 e. The molecule has 30 heavy (non-hydrogen) atoms. The molecule has 1 fully saturated rings. The Balaban J connectivity index is 1.67. The number of hydrogen-bond donors (Lipinski definition) is 0. The Hall–Kier alpha value is -2.87. The van der Waals surface area contributed by atoms with Gasteiger partial charge in [0.05, 0.1) is 22.7 Å². The number of thiophene rings is 1. The minimum Gasteiger partial charge on any atom is -0.449 e. The van der Waals surface area contributed by atoms with Crippen molar-refractivity contribution in [1.82, 2.24) is 9.80 Å². The maximum atomic E-state index is 13.2. The molecule has 0 aliphatic carbocycles. The number of piperazine rings is 1. The summed E-state index contributed by atoms with van der Waals surface area (Å²) in [5, 5.41) is 1.85. The quantitative estimate of drug-likeness (QED) is 0.729. The summed E-state index contributed by atoms with van der Waals surface area (Å²) in [7, 11) is 1.68. The van der Waals surface area contributed by atoms with E-state index in [1.165, 1.54) is 16.2 Å². The SMILES string of the molecule is CC(C)COC(=O)N1CCN(C(=O)c2ccccc2N(C)C(=O)c2cccs2)CC1. The number of carbonyl (C=O) groups is 3. The fraction of sp³-hybridized carbons (Fsp3) is 0.409. The molecule has 1 saturated heterocycles. The molecule has 3 rings (SSSR count). The van der Waals surface area contributed by atoms with Gasteiger partial charge in [0.15, 0.2) is 0 Å². The molecule has 8 heteroatoms. The van der Waals surface area contributed by atoms with Gasteiger partial charge in [-0.15, -0.1) is 11.3 Å². The van der Waals surface area contributed by atoms with E-state index in [4.69, 9.17) is 4.74 Å². The monoisotopic (exact) mass is 429 g/mol. The first-order valence-corrected chi connectivity index (χ1v) is 10.9. The molecule has 160 valence electrons. The molecule has 3 amide bonds. The van der Waals surface area contributed by atoms with E-state index in [0.29, 0.717) is 48.9 Å². The highest BCUT2D eigenvalue weighted by Gasteiger charge is 2.28. The molecule has 0 bridgehead atoms. The van der Waals surface area contributed by atoms with Crippen molar-refractivity contribution in [1.29, 1.82) is 0 Å². The van der Waals surface area contributed by atoms with Gasteiger partial charge in [-0.05, 0) is 29.5 Å². The van der Waals surface area contributed by atoms with E-state index in [2.05, 4.69) is 0 Å². The third-order valence-corrected chi connectivity index (χ3v) is 5.76. The van der Waals surface area contributed by atoms with Crippen molar-refractivity contribution < 1.29 is 19.1 Å². The van der Waals surface area contributed by atoms with Crippen LogP contribution in [0.1, 0.15) is 33.9 Å². The lowest BCUT2D eigenvalue weighted by molar-refractivity contribution is 0.0535. The Kier molecular flexibility index (Phi) is 7.10. The van der Waals surface area contributed by atoms with Gasteiger partial charge in [-0.3, -0.25) is 9.59 Å².